The van der Waals surface area contributed by atoms with Crippen molar-refractivity contribution in [1.82, 2.24) is 9.97 Å². The highest BCUT2D eigenvalue weighted by molar-refractivity contribution is 7.98. The van der Waals surface area contributed by atoms with Crippen LogP contribution in [0.5, 0.6) is 0 Å². The predicted octanol–water partition coefficient (Wildman–Crippen LogP) is 1.80. The lowest BCUT2D eigenvalue weighted by Gasteiger charge is -2.03. The van der Waals surface area contributed by atoms with Crippen molar-refractivity contribution in [3.05, 3.63) is 15.3 Å². The standard InChI is InChI=1S/C6H7ClN4O2S/c1-8-5-3(11(12)13)4(7)9-6(10-5)14-2/h1-2H3,(H,8,9,10). The molecule has 6 nitrogen and oxygen atoms in total. The van der Waals surface area contributed by atoms with Gasteiger partial charge in [-0.3, -0.25) is 10.1 Å². The summed E-state index contributed by atoms with van der Waals surface area (Å²) in [7, 11) is 1.54. The van der Waals surface area contributed by atoms with Crippen molar-refractivity contribution in [2.24, 2.45) is 0 Å². The van der Waals surface area contributed by atoms with Crippen molar-refractivity contribution >= 4 is 34.9 Å². The number of nitrogens with zero attached hydrogens (tertiary/aromatic N) is 3. The van der Waals surface area contributed by atoms with Crippen LogP contribution in [0.15, 0.2) is 5.16 Å². The molecule has 8 heteroatoms. The summed E-state index contributed by atoms with van der Waals surface area (Å²) in [6.45, 7) is 0. The van der Waals surface area contributed by atoms with E-state index in [9.17, 15) is 10.1 Å². The van der Waals surface area contributed by atoms with Crippen LogP contribution in [0.4, 0.5) is 11.5 Å². The highest BCUT2D eigenvalue weighted by atomic mass is 35.5. The normalized spacial score (nSPS) is 9.93. The van der Waals surface area contributed by atoms with Crippen LogP contribution in [0.25, 0.3) is 0 Å². The third-order valence-corrected chi connectivity index (χ3v) is 2.23. The van der Waals surface area contributed by atoms with E-state index in [0.717, 1.165) is 0 Å². The molecule has 1 N–H and O–H groups in total. The van der Waals surface area contributed by atoms with Gasteiger partial charge in [-0.25, -0.2) is 4.98 Å². The van der Waals surface area contributed by atoms with Crippen LogP contribution >= 0.6 is 23.4 Å². The lowest BCUT2D eigenvalue weighted by atomic mass is 10.5. The van der Waals surface area contributed by atoms with E-state index in [1.54, 1.807) is 6.26 Å². The lowest BCUT2D eigenvalue weighted by molar-refractivity contribution is -0.384. The minimum Gasteiger partial charge on any atom is -0.367 e. The number of nitrogens with one attached hydrogen (secondary N) is 1. The molecule has 1 rings (SSSR count). The average Bonchev–Trinajstić information content (AvgIpc) is 2.15. The Hall–Kier alpha value is -1.08. The number of anilines is 1. The van der Waals surface area contributed by atoms with Crippen LogP contribution in [0.2, 0.25) is 5.15 Å². The highest BCUT2D eigenvalue weighted by Crippen LogP contribution is 2.30. The predicted molar refractivity (Wildman–Crippen MR) is 55.0 cm³/mol. The van der Waals surface area contributed by atoms with Crippen molar-refractivity contribution in [2.45, 2.75) is 5.16 Å². The summed E-state index contributed by atoms with van der Waals surface area (Å²) in [6, 6.07) is 0. The maximum atomic E-state index is 10.6. The molecule has 0 saturated carbocycles. The van der Waals surface area contributed by atoms with Gasteiger partial charge in [0.25, 0.3) is 0 Å². The molecule has 0 bridgehead atoms. The molecule has 0 aliphatic heterocycles. The summed E-state index contributed by atoms with van der Waals surface area (Å²) in [5.74, 6) is 0.124. The maximum absolute atomic E-state index is 10.6. The lowest BCUT2D eigenvalue weighted by Crippen LogP contribution is -2.02. The molecule has 0 aromatic carbocycles. The van der Waals surface area contributed by atoms with E-state index < -0.39 is 4.92 Å². The molecule has 0 unspecified atom stereocenters. The van der Waals surface area contributed by atoms with E-state index in [1.807, 2.05) is 0 Å². The molecule has 0 fully saturated rings. The summed E-state index contributed by atoms with van der Waals surface area (Å²) >= 11 is 6.90. The maximum Gasteiger partial charge on any atom is 0.348 e. The first-order valence-corrected chi connectivity index (χ1v) is 5.14. The van der Waals surface area contributed by atoms with Gasteiger partial charge in [-0.2, -0.15) is 4.98 Å². The topological polar surface area (TPSA) is 81.0 Å². The molecular formula is C6H7ClN4O2S. The molecule has 0 amide bonds. The van der Waals surface area contributed by atoms with Gasteiger partial charge in [0.05, 0.1) is 4.92 Å². The van der Waals surface area contributed by atoms with E-state index in [4.69, 9.17) is 11.6 Å². The number of thioether (sulfide) groups is 1. The fourth-order valence-electron chi connectivity index (χ4n) is 0.836. The summed E-state index contributed by atoms with van der Waals surface area (Å²) in [4.78, 5) is 17.6. The Morgan fingerprint density at radius 3 is 2.64 bits per heavy atom. The molecule has 0 aliphatic rings. The first kappa shape index (κ1) is 11.0. The zero-order chi connectivity index (χ0) is 10.7. The molecule has 1 aromatic rings. The third kappa shape index (κ3) is 2.05. The Kier molecular flexibility index (Phi) is 3.48. The van der Waals surface area contributed by atoms with E-state index in [0.29, 0.717) is 5.16 Å². The van der Waals surface area contributed by atoms with Crippen molar-refractivity contribution in [2.75, 3.05) is 18.6 Å². The van der Waals surface area contributed by atoms with Gasteiger partial charge in [0, 0.05) is 7.05 Å². The van der Waals surface area contributed by atoms with Crippen LogP contribution in [0.1, 0.15) is 0 Å². The Labute approximate surface area is 89.2 Å². The fourth-order valence-corrected chi connectivity index (χ4v) is 1.49. The van der Waals surface area contributed by atoms with Gasteiger partial charge in [0.15, 0.2) is 5.16 Å². The minimum atomic E-state index is -0.613. The van der Waals surface area contributed by atoms with E-state index in [1.165, 1.54) is 18.8 Å². The molecule has 0 aliphatic carbocycles. The number of hydrogen-bond donors (Lipinski definition) is 1. The van der Waals surface area contributed by atoms with Crippen molar-refractivity contribution in [1.29, 1.82) is 0 Å². The Balaban J connectivity index is 3.34. The second-order valence-corrected chi connectivity index (χ2v) is 3.34. The molecule has 1 heterocycles. The Morgan fingerprint density at radius 2 is 2.21 bits per heavy atom. The fraction of sp³-hybridized carbons (Fsp3) is 0.333. The monoisotopic (exact) mass is 234 g/mol. The zero-order valence-electron chi connectivity index (χ0n) is 7.44. The first-order valence-electron chi connectivity index (χ1n) is 3.53. The van der Waals surface area contributed by atoms with Crippen LogP contribution < -0.4 is 5.32 Å². The van der Waals surface area contributed by atoms with Gasteiger partial charge in [0.2, 0.25) is 11.0 Å². The molecule has 14 heavy (non-hydrogen) atoms. The van der Waals surface area contributed by atoms with Gasteiger partial charge in [0.1, 0.15) is 0 Å². The van der Waals surface area contributed by atoms with E-state index >= 15 is 0 Å². The molecule has 1 aromatic heterocycles. The molecule has 76 valence electrons. The largest absolute Gasteiger partial charge is 0.367 e. The Bertz CT molecular complexity index is 373. The van der Waals surface area contributed by atoms with Crippen LogP contribution in [-0.4, -0.2) is 28.2 Å². The van der Waals surface area contributed by atoms with Crippen molar-refractivity contribution in [3.8, 4) is 0 Å². The average molecular weight is 235 g/mol. The van der Waals surface area contributed by atoms with Crippen molar-refractivity contribution < 1.29 is 4.92 Å². The number of halogens is 1. The molecule has 0 saturated heterocycles. The van der Waals surface area contributed by atoms with Crippen molar-refractivity contribution in [3.63, 3.8) is 0 Å². The summed E-state index contributed by atoms with van der Waals surface area (Å²) in [5, 5.41) is 13.4. The molecule has 0 radical (unpaired) electrons. The van der Waals surface area contributed by atoms with Gasteiger partial charge in [-0.05, 0) is 6.26 Å². The SMILES string of the molecule is CNc1nc(SC)nc(Cl)c1[N+](=O)[O-]. The van der Waals surface area contributed by atoms with Gasteiger partial charge in [-0.1, -0.05) is 23.4 Å². The minimum absolute atomic E-state index is 0.124. The van der Waals surface area contributed by atoms with Gasteiger partial charge < -0.3 is 5.32 Å². The Morgan fingerprint density at radius 1 is 1.57 bits per heavy atom. The molecule has 0 spiro atoms. The van der Waals surface area contributed by atoms with Gasteiger partial charge >= 0.3 is 5.69 Å². The zero-order valence-corrected chi connectivity index (χ0v) is 9.02. The van der Waals surface area contributed by atoms with Crippen LogP contribution in [0.3, 0.4) is 0 Å². The number of aromatic nitrogens is 2. The number of hydrogen-bond acceptors (Lipinski definition) is 6. The summed E-state index contributed by atoms with van der Waals surface area (Å²) in [5.41, 5.74) is -0.299. The van der Waals surface area contributed by atoms with Crippen LogP contribution in [0, 0.1) is 10.1 Å². The molecular weight excluding hydrogens is 228 g/mol. The molecule has 0 atom stereocenters. The van der Waals surface area contributed by atoms with E-state index in [-0.39, 0.29) is 16.7 Å². The quantitative estimate of drug-likeness (QED) is 0.282. The summed E-state index contributed by atoms with van der Waals surface area (Å²) < 4.78 is 0. The number of rotatable bonds is 3. The smallest absolute Gasteiger partial charge is 0.348 e. The highest BCUT2D eigenvalue weighted by Gasteiger charge is 2.22. The van der Waals surface area contributed by atoms with E-state index in [2.05, 4.69) is 15.3 Å². The summed E-state index contributed by atoms with van der Waals surface area (Å²) in [6.07, 6.45) is 1.76. The second kappa shape index (κ2) is 4.43. The number of nitro groups is 1. The third-order valence-electron chi connectivity index (χ3n) is 1.42. The van der Waals surface area contributed by atoms with Crippen LogP contribution in [-0.2, 0) is 0 Å². The van der Waals surface area contributed by atoms with Gasteiger partial charge in [-0.15, -0.1) is 0 Å². The second-order valence-electron chi connectivity index (χ2n) is 2.21. The first-order chi connectivity index (χ1) is 6.60.